The Morgan fingerprint density at radius 1 is 1.41 bits per heavy atom. The number of aromatic nitrogens is 2. The molecule has 1 aromatic heterocycles. The van der Waals surface area contributed by atoms with Crippen LogP contribution in [0, 0.1) is 0 Å². The molecule has 0 bridgehead atoms. The number of nitrogens with two attached hydrogens (primary N) is 1. The number of halogens is 1. The maximum absolute atomic E-state index is 11.9. The fraction of sp³-hybridized carbons (Fsp3) is 0.250. The van der Waals surface area contributed by atoms with Gasteiger partial charge in [-0.25, -0.2) is 4.68 Å². The highest BCUT2D eigenvalue weighted by molar-refractivity contribution is 9.10. The standard InChI is InChI=1S/C12H14BrN3O/c13-11-3-1-2-9(6-11)8-16-12(17)10(4-5-14)7-15-16/h1-3,6-7,15H,4-5,8,14H2. The molecule has 17 heavy (non-hydrogen) atoms. The molecule has 2 rings (SSSR count). The Labute approximate surface area is 108 Å². The lowest BCUT2D eigenvalue weighted by Gasteiger charge is -2.02. The van der Waals surface area contributed by atoms with Gasteiger partial charge in [0.25, 0.3) is 5.56 Å². The smallest absolute Gasteiger partial charge is 0.269 e. The maximum atomic E-state index is 11.9. The Morgan fingerprint density at radius 3 is 2.94 bits per heavy atom. The summed E-state index contributed by atoms with van der Waals surface area (Å²) in [7, 11) is 0. The molecule has 90 valence electrons. The molecule has 0 amide bonds. The number of rotatable bonds is 4. The Hall–Kier alpha value is -1.33. The van der Waals surface area contributed by atoms with Crippen LogP contribution in [0.4, 0.5) is 0 Å². The molecule has 2 aromatic rings. The molecule has 0 saturated carbocycles. The topological polar surface area (TPSA) is 63.8 Å². The fourth-order valence-electron chi connectivity index (χ4n) is 1.72. The molecule has 0 aliphatic rings. The van der Waals surface area contributed by atoms with E-state index in [-0.39, 0.29) is 5.56 Å². The van der Waals surface area contributed by atoms with Crippen molar-refractivity contribution in [2.45, 2.75) is 13.0 Å². The summed E-state index contributed by atoms with van der Waals surface area (Å²) in [6.45, 7) is 1.03. The first-order valence-electron chi connectivity index (χ1n) is 5.42. The van der Waals surface area contributed by atoms with Crippen molar-refractivity contribution in [2.24, 2.45) is 5.73 Å². The highest BCUT2D eigenvalue weighted by Crippen LogP contribution is 2.12. The Bertz CT molecular complexity index is 559. The Kier molecular flexibility index (Phi) is 3.81. The van der Waals surface area contributed by atoms with Crippen molar-refractivity contribution >= 4 is 15.9 Å². The lowest BCUT2D eigenvalue weighted by atomic mass is 10.2. The van der Waals surface area contributed by atoms with Crippen LogP contribution in [0.25, 0.3) is 0 Å². The van der Waals surface area contributed by atoms with Gasteiger partial charge < -0.3 is 10.8 Å². The van der Waals surface area contributed by atoms with E-state index in [0.29, 0.717) is 19.5 Å². The van der Waals surface area contributed by atoms with E-state index in [1.54, 1.807) is 10.9 Å². The van der Waals surface area contributed by atoms with Gasteiger partial charge in [0.15, 0.2) is 0 Å². The van der Waals surface area contributed by atoms with Crippen LogP contribution in [-0.2, 0) is 13.0 Å². The van der Waals surface area contributed by atoms with Crippen LogP contribution in [0.1, 0.15) is 11.1 Å². The summed E-state index contributed by atoms with van der Waals surface area (Å²) in [5.41, 5.74) is 7.26. The van der Waals surface area contributed by atoms with Gasteiger partial charge in [-0.1, -0.05) is 28.1 Å². The number of nitrogens with one attached hydrogen (secondary N) is 1. The molecule has 0 spiro atoms. The lowest BCUT2D eigenvalue weighted by Crippen LogP contribution is -2.21. The number of H-pyrrole nitrogens is 1. The molecule has 5 heteroatoms. The number of hydrogen-bond donors (Lipinski definition) is 2. The van der Waals surface area contributed by atoms with E-state index < -0.39 is 0 Å². The second kappa shape index (κ2) is 5.33. The van der Waals surface area contributed by atoms with Gasteiger partial charge in [-0.2, -0.15) is 0 Å². The summed E-state index contributed by atoms with van der Waals surface area (Å²) in [6.07, 6.45) is 2.34. The molecular weight excluding hydrogens is 282 g/mol. The predicted molar refractivity (Wildman–Crippen MR) is 71.1 cm³/mol. The highest BCUT2D eigenvalue weighted by Gasteiger charge is 2.05. The van der Waals surface area contributed by atoms with Crippen molar-refractivity contribution in [3.63, 3.8) is 0 Å². The highest BCUT2D eigenvalue weighted by atomic mass is 79.9. The maximum Gasteiger partial charge on any atom is 0.269 e. The zero-order valence-electron chi connectivity index (χ0n) is 9.32. The molecule has 3 N–H and O–H groups in total. The normalized spacial score (nSPS) is 10.7. The first-order chi connectivity index (χ1) is 8.20. The molecular formula is C12H14BrN3O. The number of benzene rings is 1. The van der Waals surface area contributed by atoms with Crippen LogP contribution in [-0.4, -0.2) is 16.3 Å². The van der Waals surface area contributed by atoms with E-state index in [1.807, 2.05) is 24.3 Å². The van der Waals surface area contributed by atoms with Crippen LogP contribution in [0.3, 0.4) is 0 Å². The quantitative estimate of drug-likeness (QED) is 0.898. The first kappa shape index (κ1) is 12.1. The van der Waals surface area contributed by atoms with Crippen molar-refractivity contribution in [3.8, 4) is 0 Å². The largest absolute Gasteiger partial charge is 0.330 e. The van der Waals surface area contributed by atoms with Gasteiger partial charge in [-0.05, 0) is 30.7 Å². The molecule has 0 saturated heterocycles. The van der Waals surface area contributed by atoms with Crippen molar-refractivity contribution in [2.75, 3.05) is 6.54 Å². The van der Waals surface area contributed by atoms with E-state index in [4.69, 9.17) is 5.73 Å². The number of aromatic amines is 1. The van der Waals surface area contributed by atoms with Crippen LogP contribution in [0.5, 0.6) is 0 Å². The zero-order chi connectivity index (χ0) is 12.3. The van der Waals surface area contributed by atoms with Gasteiger partial charge in [-0.15, -0.1) is 0 Å². The third-order valence-electron chi connectivity index (χ3n) is 2.56. The summed E-state index contributed by atoms with van der Waals surface area (Å²) >= 11 is 3.41. The van der Waals surface area contributed by atoms with E-state index in [2.05, 4.69) is 21.0 Å². The van der Waals surface area contributed by atoms with Gasteiger partial charge >= 0.3 is 0 Å². The Morgan fingerprint density at radius 2 is 2.24 bits per heavy atom. The average molecular weight is 296 g/mol. The molecule has 4 nitrogen and oxygen atoms in total. The molecule has 0 unspecified atom stereocenters. The molecule has 1 aromatic carbocycles. The van der Waals surface area contributed by atoms with E-state index in [9.17, 15) is 4.79 Å². The van der Waals surface area contributed by atoms with Crippen LogP contribution in [0.15, 0.2) is 39.7 Å². The summed E-state index contributed by atoms with van der Waals surface area (Å²) in [6, 6.07) is 7.89. The third kappa shape index (κ3) is 2.87. The van der Waals surface area contributed by atoms with Crippen LogP contribution < -0.4 is 11.3 Å². The number of nitrogens with zero attached hydrogens (tertiary/aromatic N) is 1. The van der Waals surface area contributed by atoms with Crippen molar-refractivity contribution in [1.82, 2.24) is 9.78 Å². The van der Waals surface area contributed by atoms with Crippen LogP contribution in [0.2, 0.25) is 0 Å². The molecule has 0 aliphatic carbocycles. The second-order valence-corrected chi connectivity index (χ2v) is 4.77. The van der Waals surface area contributed by atoms with E-state index in [1.165, 1.54) is 0 Å². The summed E-state index contributed by atoms with van der Waals surface area (Å²) in [4.78, 5) is 11.9. The molecule has 0 aliphatic heterocycles. The van der Waals surface area contributed by atoms with Crippen molar-refractivity contribution in [1.29, 1.82) is 0 Å². The van der Waals surface area contributed by atoms with Gasteiger partial charge in [0, 0.05) is 16.2 Å². The number of hydrogen-bond acceptors (Lipinski definition) is 2. The first-order valence-corrected chi connectivity index (χ1v) is 6.21. The molecule has 0 fully saturated rings. The van der Waals surface area contributed by atoms with E-state index >= 15 is 0 Å². The second-order valence-electron chi connectivity index (χ2n) is 3.86. The van der Waals surface area contributed by atoms with Crippen molar-refractivity contribution in [3.05, 3.63) is 56.4 Å². The SMILES string of the molecule is NCCc1c[nH]n(Cc2cccc(Br)c2)c1=O. The van der Waals surface area contributed by atoms with Crippen molar-refractivity contribution < 1.29 is 0 Å². The van der Waals surface area contributed by atoms with Crippen LogP contribution >= 0.6 is 15.9 Å². The molecule has 0 radical (unpaired) electrons. The van der Waals surface area contributed by atoms with Gasteiger partial charge in [-0.3, -0.25) is 4.79 Å². The van der Waals surface area contributed by atoms with Gasteiger partial charge in [0.05, 0.1) is 6.54 Å². The minimum Gasteiger partial charge on any atom is -0.330 e. The van der Waals surface area contributed by atoms with E-state index in [0.717, 1.165) is 15.6 Å². The fourth-order valence-corrected chi connectivity index (χ4v) is 2.17. The monoisotopic (exact) mass is 295 g/mol. The predicted octanol–water partition coefficient (Wildman–Crippen LogP) is 1.49. The minimum atomic E-state index is 0.00965. The summed E-state index contributed by atoms with van der Waals surface area (Å²) in [5, 5.41) is 2.96. The zero-order valence-corrected chi connectivity index (χ0v) is 10.9. The molecule has 0 atom stereocenters. The third-order valence-corrected chi connectivity index (χ3v) is 3.05. The van der Waals surface area contributed by atoms with Gasteiger partial charge in [0.1, 0.15) is 0 Å². The average Bonchev–Trinajstić information content (AvgIpc) is 2.62. The summed E-state index contributed by atoms with van der Waals surface area (Å²) < 4.78 is 2.60. The van der Waals surface area contributed by atoms with Gasteiger partial charge in [0.2, 0.25) is 0 Å². The summed E-state index contributed by atoms with van der Waals surface area (Å²) in [5.74, 6) is 0. The minimum absolute atomic E-state index is 0.00965. The Balaban J connectivity index is 2.22. The lowest BCUT2D eigenvalue weighted by molar-refractivity contribution is 0.661. The molecule has 1 heterocycles.